The lowest BCUT2D eigenvalue weighted by Gasteiger charge is -2.19. The quantitative estimate of drug-likeness (QED) is 0.812. The average molecular weight is 360 g/mol. The molecule has 25 heavy (non-hydrogen) atoms. The van der Waals surface area contributed by atoms with Crippen LogP contribution < -0.4 is 5.32 Å². The molecule has 2 atom stereocenters. The van der Waals surface area contributed by atoms with Crippen LogP contribution in [0.15, 0.2) is 36.4 Å². The van der Waals surface area contributed by atoms with Crippen LogP contribution in [0.25, 0.3) is 11.3 Å². The van der Waals surface area contributed by atoms with Gasteiger partial charge in [-0.15, -0.1) is 11.3 Å². The number of hydrogen-bond donors (Lipinski definition) is 2. The molecule has 1 heterocycles. The number of carboxylic acids is 1. The fourth-order valence-corrected chi connectivity index (χ4v) is 3.61. The molecule has 0 saturated heterocycles. The number of benzene rings is 1. The summed E-state index contributed by atoms with van der Waals surface area (Å²) < 4.78 is 13.0. The van der Waals surface area contributed by atoms with Crippen molar-refractivity contribution in [3.05, 3.63) is 47.1 Å². The number of carbonyl (C=O) groups is 2. The van der Waals surface area contributed by atoms with Gasteiger partial charge in [-0.05, 0) is 44.0 Å². The number of rotatable bonds is 4. The van der Waals surface area contributed by atoms with Crippen molar-refractivity contribution in [3.63, 3.8) is 0 Å². The number of carbonyl (C=O) groups excluding carboxylic acids is 1. The molecule has 0 bridgehead atoms. The summed E-state index contributed by atoms with van der Waals surface area (Å²) in [6, 6.07) is 6.05. The van der Waals surface area contributed by atoms with Gasteiger partial charge in [0.15, 0.2) is 5.13 Å². The Kier molecular flexibility index (Phi) is 4.94. The zero-order valence-electron chi connectivity index (χ0n) is 13.5. The summed E-state index contributed by atoms with van der Waals surface area (Å²) in [4.78, 5) is 28.6. The van der Waals surface area contributed by atoms with Crippen LogP contribution in [0.3, 0.4) is 0 Å². The highest BCUT2D eigenvalue weighted by molar-refractivity contribution is 7.16. The number of amides is 1. The van der Waals surface area contributed by atoms with Crippen molar-refractivity contribution >= 4 is 28.3 Å². The van der Waals surface area contributed by atoms with Crippen molar-refractivity contribution in [2.45, 2.75) is 19.8 Å². The van der Waals surface area contributed by atoms with Gasteiger partial charge in [-0.25, -0.2) is 9.37 Å². The number of halogens is 1. The van der Waals surface area contributed by atoms with E-state index >= 15 is 0 Å². The standard InChI is InChI=1S/C18H17FN2O3S/c1-10-15(11-6-8-14(19)9-7-11)20-18(25-10)21-16(22)12-2-4-13(5-3-12)17(23)24/h2,4,6-9,12-13H,3,5H2,1H3,(H,23,24)(H,20,21,22). The van der Waals surface area contributed by atoms with Gasteiger partial charge in [0, 0.05) is 10.4 Å². The molecule has 2 N–H and O–H groups in total. The first kappa shape index (κ1) is 17.3. The molecule has 2 aromatic rings. The van der Waals surface area contributed by atoms with Crippen LogP contribution in [0.5, 0.6) is 0 Å². The van der Waals surface area contributed by atoms with Crippen molar-refractivity contribution in [1.82, 2.24) is 4.98 Å². The summed E-state index contributed by atoms with van der Waals surface area (Å²) in [5.41, 5.74) is 1.50. The van der Waals surface area contributed by atoms with E-state index in [1.165, 1.54) is 23.5 Å². The minimum Gasteiger partial charge on any atom is -0.481 e. The smallest absolute Gasteiger partial charge is 0.310 e. The maximum atomic E-state index is 13.0. The number of anilines is 1. The Balaban J connectivity index is 1.70. The highest BCUT2D eigenvalue weighted by Crippen LogP contribution is 2.31. The third-order valence-corrected chi connectivity index (χ3v) is 5.05. The molecule has 3 rings (SSSR count). The number of nitrogens with one attached hydrogen (secondary N) is 1. The molecule has 1 aliphatic carbocycles. The molecule has 0 aliphatic heterocycles. The molecule has 130 valence electrons. The van der Waals surface area contributed by atoms with E-state index in [4.69, 9.17) is 5.11 Å². The summed E-state index contributed by atoms with van der Waals surface area (Å²) in [6.07, 6.45) is 4.17. The molecule has 1 aliphatic rings. The van der Waals surface area contributed by atoms with Gasteiger partial charge in [-0.3, -0.25) is 9.59 Å². The van der Waals surface area contributed by atoms with Crippen LogP contribution in [0.1, 0.15) is 17.7 Å². The van der Waals surface area contributed by atoms with Crippen LogP contribution in [0.4, 0.5) is 9.52 Å². The van der Waals surface area contributed by atoms with E-state index in [2.05, 4.69) is 10.3 Å². The van der Waals surface area contributed by atoms with E-state index < -0.39 is 11.9 Å². The minimum absolute atomic E-state index is 0.195. The number of aryl methyl sites for hydroxylation is 1. The molecule has 1 aromatic heterocycles. The Labute approximate surface area is 148 Å². The molecule has 7 heteroatoms. The predicted molar refractivity (Wildman–Crippen MR) is 93.9 cm³/mol. The number of carboxylic acid groups (broad SMARTS) is 1. The number of nitrogens with zero attached hydrogens (tertiary/aromatic N) is 1. The third kappa shape index (κ3) is 3.93. The summed E-state index contributed by atoms with van der Waals surface area (Å²) in [6.45, 7) is 1.89. The SMILES string of the molecule is Cc1sc(NC(=O)C2C=CC(C(=O)O)CC2)nc1-c1ccc(F)cc1. The van der Waals surface area contributed by atoms with Gasteiger partial charge in [-0.1, -0.05) is 12.2 Å². The van der Waals surface area contributed by atoms with Gasteiger partial charge < -0.3 is 10.4 Å². The van der Waals surface area contributed by atoms with Crippen LogP contribution >= 0.6 is 11.3 Å². The first-order valence-electron chi connectivity index (χ1n) is 7.89. The number of aliphatic carboxylic acids is 1. The normalized spacial score (nSPS) is 19.6. The highest BCUT2D eigenvalue weighted by Gasteiger charge is 2.25. The maximum absolute atomic E-state index is 13.0. The second-order valence-electron chi connectivity index (χ2n) is 5.93. The van der Waals surface area contributed by atoms with Crippen LogP contribution in [-0.4, -0.2) is 22.0 Å². The number of hydrogen-bond acceptors (Lipinski definition) is 4. The molecule has 1 amide bonds. The Hall–Kier alpha value is -2.54. The zero-order chi connectivity index (χ0) is 18.0. The third-order valence-electron chi connectivity index (χ3n) is 4.16. The second-order valence-corrected chi connectivity index (χ2v) is 7.14. The lowest BCUT2D eigenvalue weighted by Crippen LogP contribution is -2.26. The van der Waals surface area contributed by atoms with Crippen molar-refractivity contribution in [1.29, 1.82) is 0 Å². The number of thiazole rings is 1. The molecule has 0 fully saturated rings. The molecule has 1 aromatic carbocycles. The monoisotopic (exact) mass is 360 g/mol. The van der Waals surface area contributed by atoms with Gasteiger partial charge in [0.25, 0.3) is 0 Å². The minimum atomic E-state index is -0.866. The predicted octanol–water partition coefficient (Wildman–Crippen LogP) is 3.86. The highest BCUT2D eigenvalue weighted by atomic mass is 32.1. The van der Waals surface area contributed by atoms with E-state index in [1.54, 1.807) is 24.3 Å². The molecule has 0 saturated carbocycles. The van der Waals surface area contributed by atoms with E-state index in [1.807, 2.05) is 6.92 Å². The van der Waals surface area contributed by atoms with Gasteiger partial charge in [0.05, 0.1) is 17.5 Å². The molecule has 2 unspecified atom stereocenters. The first-order chi connectivity index (χ1) is 11.9. The first-order valence-corrected chi connectivity index (χ1v) is 8.71. The van der Waals surface area contributed by atoms with Gasteiger partial charge in [0.1, 0.15) is 5.82 Å². The summed E-state index contributed by atoms with van der Waals surface area (Å²) in [5, 5.41) is 12.2. The topological polar surface area (TPSA) is 79.3 Å². The molecule has 0 radical (unpaired) electrons. The molecule has 0 spiro atoms. The summed E-state index contributed by atoms with van der Waals surface area (Å²) in [5.74, 6) is -2.24. The Morgan fingerprint density at radius 1 is 1.20 bits per heavy atom. The lowest BCUT2D eigenvalue weighted by atomic mass is 9.88. The van der Waals surface area contributed by atoms with Crippen LogP contribution in [0, 0.1) is 24.6 Å². The fourth-order valence-electron chi connectivity index (χ4n) is 2.77. The van der Waals surface area contributed by atoms with Gasteiger partial charge >= 0.3 is 5.97 Å². The Morgan fingerprint density at radius 3 is 2.44 bits per heavy atom. The van der Waals surface area contributed by atoms with E-state index in [-0.39, 0.29) is 17.6 Å². The van der Waals surface area contributed by atoms with Gasteiger partial charge in [0.2, 0.25) is 5.91 Å². The Bertz CT molecular complexity index is 829. The molecule has 5 nitrogen and oxygen atoms in total. The maximum Gasteiger partial charge on any atom is 0.310 e. The Morgan fingerprint density at radius 2 is 1.84 bits per heavy atom. The second kappa shape index (κ2) is 7.14. The largest absolute Gasteiger partial charge is 0.481 e. The van der Waals surface area contributed by atoms with E-state index in [0.29, 0.717) is 23.7 Å². The lowest BCUT2D eigenvalue weighted by molar-refractivity contribution is -0.140. The van der Waals surface area contributed by atoms with E-state index in [0.717, 1.165) is 10.4 Å². The van der Waals surface area contributed by atoms with Crippen molar-refractivity contribution in [3.8, 4) is 11.3 Å². The van der Waals surface area contributed by atoms with Crippen molar-refractivity contribution in [2.24, 2.45) is 11.8 Å². The van der Waals surface area contributed by atoms with E-state index in [9.17, 15) is 14.0 Å². The van der Waals surface area contributed by atoms with Crippen molar-refractivity contribution in [2.75, 3.05) is 5.32 Å². The van der Waals surface area contributed by atoms with Gasteiger partial charge in [-0.2, -0.15) is 0 Å². The fraction of sp³-hybridized carbons (Fsp3) is 0.278. The average Bonchev–Trinajstić information content (AvgIpc) is 2.96. The summed E-state index contributed by atoms with van der Waals surface area (Å²) >= 11 is 1.36. The summed E-state index contributed by atoms with van der Waals surface area (Å²) in [7, 11) is 0. The zero-order valence-corrected chi connectivity index (χ0v) is 14.3. The number of aromatic nitrogens is 1. The van der Waals surface area contributed by atoms with Crippen LogP contribution in [0.2, 0.25) is 0 Å². The van der Waals surface area contributed by atoms with Crippen molar-refractivity contribution < 1.29 is 19.1 Å². The van der Waals surface area contributed by atoms with Crippen LogP contribution in [-0.2, 0) is 9.59 Å². The molecular weight excluding hydrogens is 343 g/mol. The molecular formula is C18H17FN2O3S.